The molecule has 0 radical (unpaired) electrons. The third-order valence-corrected chi connectivity index (χ3v) is 4.99. The van der Waals surface area contributed by atoms with Crippen molar-refractivity contribution >= 4 is 22.2 Å². The van der Waals surface area contributed by atoms with Crippen LogP contribution in [0, 0.1) is 0 Å². The SMILES string of the molecule is C1=C(c2nnc3c4ccccc4c(OCc4ccccn4)nn23)ONN1C1CC1. The van der Waals surface area contributed by atoms with Gasteiger partial charge < -0.3 is 9.57 Å². The molecule has 0 bridgehead atoms. The van der Waals surface area contributed by atoms with Crippen LogP contribution in [0.25, 0.3) is 22.2 Å². The third-order valence-electron chi connectivity index (χ3n) is 4.99. The molecule has 9 nitrogen and oxygen atoms in total. The Morgan fingerprint density at radius 2 is 1.93 bits per heavy atom. The number of hydrazine groups is 1. The Morgan fingerprint density at radius 1 is 1.07 bits per heavy atom. The Morgan fingerprint density at radius 3 is 2.76 bits per heavy atom. The van der Waals surface area contributed by atoms with Crippen molar-refractivity contribution in [2.75, 3.05) is 0 Å². The number of pyridine rings is 1. The van der Waals surface area contributed by atoms with Crippen molar-refractivity contribution < 1.29 is 9.57 Å². The zero-order chi connectivity index (χ0) is 19.2. The van der Waals surface area contributed by atoms with Gasteiger partial charge in [0.15, 0.2) is 5.65 Å². The number of nitrogens with one attached hydrogen (secondary N) is 1. The standard InChI is InChI=1S/C20H17N7O2/c1-2-7-16-15(6-1)18-22-23-19(17-11-26(25-29-17)14-8-9-14)27(18)24-20(16)28-12-13-5-3-4-10-21-13/h1-7,10-11,14,25H,8-9,12H2. The van der Waals surface area contributed by atoms with Crippen LogP contribution in [0.5, 0.6) is 5.88 Å². The predicted octanol–water partition coefficient (Wildman–Crippen LogP) is 2.46. The first-order valence-corrected chi connectivity index (χ1v) is 9.47. The van der Waals surface area contributed by atoms with E-state index in [0.717, 1.165) is 29.3 Å². The topological polar surface area (TPSA) is 89.7 Å². The van der Waals surface area contributed by atoms with E-state index in [9.17, 15) is 0 Å². The molecule has 0 spiro atoms. The molecule has 29 heavy (non-hydrogen) atoms. The summed E-state index contributed by atoms with van der Waals surface area (Å²) in [5.41, 5.74) is 4.39. The smallest absolute Gasteiger partial charge is 0.240 e. The summed E-state index contributed by atoms with van der Waals surface area (Å²) in [6, 6.07) is 14.1. The predicted molar refractivity (Wildman–Crippen MR) is 104 cm³/mol. The molecular formula is C20H17N7O2. The highest BCUT2D eigenvalue weighted by atomic mass is 16.7. The van der Waals surface area contributed by atoms with Crippen molar-refractivity contribution in [2.45, 2.75) is 25.5 Å². The maximum atomic E-state index is 6.03. The lowest BCUT2D eigenvalue weighted by molar-refractivity contribution is 0.0415. The highest BCUT2D eigenvalue weighted by Crippen LogP contribution is 2.32. The summed E-state index contributed by atoms with van der Waals surface area (Å²) >= 11 is 0. The normalized spacial score (nSPS) is 16.3. The highest BCUT2D eigenvalue weighted by molar-refractivity contribution is 5.96. The van der Waals surface area contributed by atoms with Crippen LogP contribution in [-0.4, -0.2) is 35.8 Å². The van der Waals surface area contributed by atoms with Crippen molar-refractivity contribution in [3.63, 3.8) is 0 Å². The van der Waals surface area contributed by atoms with E-state index in [1.54, 1.807) is 10.7 Å². The summed E-state index contributed by atoms with van der Waals surface area (Å²) in [4.78, 5) is 9.93. The largest absolute Gasteiger partial charge is 0.470 e. The van der Waals surface area contributed by atoms with Gasteiger partial charge in [0.25, 0.3) is 0 Å². The maximum absolute atomic E-state index is 6.03. The number of nitrogens with zero attached hydrogens (tertiary/aromatic N) is 6. The van der Waals surface area contributed by atoms with E-state index < -0.39 is 0 Å². The van der Waals surface area contributed by atoms with Crippen LogP contribution in [0.15, 0.2) is 54.9 Å². The summed E-state index contributed by atoms with van der Waals surface area (Å²) in [6.07, 6.45) is 5.94. The molecule has 1 saturated carbocycles. The average molecular weight is 387 g/mol. The van der Waals surface area contributed by atoms with Gasteiger partial charge in [-0.3, -0.25) is 9.99 Å². The number of hydrogen-bond acceptors (Lipinski definition) is 8. The number of fused-ring (bicyclic) bond motifs is 3. The van der Waals surface area contributed by atoms with E-state index in [0.29, 0.717) is 35.8 Å². The zero-order valence-electron chi connectivity index (χ0n) is 15.4. The first-order chi connectivity index (χ1) is 14.4. The van der Waals surface area contributed by atoms with Gasteiger partial charge in [-0.2, -0.15) is 4.52 Å². The van der Waals surface area contributed by atoms with Crippen molar-refractivity contribution in [3.05, 3.63) is 66.4 Å². The molecule has 0 amide bonds. The Labute approximate surface area is 165 Å². The summed E-state index contributed by atoms with van der Waals surface area (Å²) in [6.45, 7) is 0.316. The molecule has 6 rings (SSSR count). The molecule has 0 saturated heterocycles. The van der Waals surface area contributed by atoms with Crippen LogP contribution in [0.3, 0.4) is 0 Å². The van der Waals surface area contributed by atoms with Crippen LogP contribution < -0.4 is 10.3 Å². The first-order valence-electron chi connectivity index (χ1n) is 9.47. The van der Waals surface area contributed by atoms with E-state index in [4.69, 9.17) is 9.57 Å². The van der Waals surface area contributed by atoms with Gasteiger partial charge in [-0.15, -0.1) is 15.3 Å². The number of benzene rings is 1. The van der Waals surface area contributed by atoms with E-state index in [2.05, 4.69) is 25.9 Å². The van der Waals surface area contributed by atoms with Gasteiger partial charge in [-0.1, -0.05) is 29.9 Å². The molecule has 4 heterocycles. The second-order valence-corrected chi connectivity index (χ2v) is 7.04. The molecule has 1 aliphatic heterocycles. The Kier molecular flexibility index (Phi) is 3.60. The fourth-order valence-electron chi connectivity index (χ4n) is 3.35. The van der Waals surface area contributed by atoms with Crippen LogP contribution in [-0.2, 0) is 11.4 Å². The molecule has 1 N–H and O–H groups in total. The van der Waals surface area contributed by atoms with Crippen LogP contribution in [0.2, 0.25) is 0 Å². The molecule has 0 atom stereocenters. The van der Waals surface area contributed by atoms with Crippen molar-refractivity contribution in [2.24, 2.45) is 0 Å². The lowest BCUT2D eigenvalue weighted by Crippen LogP contribution is -2.29. The molecule has 1 aromatic carbocycles. The first kappa shape index (κ1) is 16.3. The summed E-state index contributed by atoms with van der Waals surface area (Å²) in [7, 11) is 0. The molecule has 9 heteroatoms. The second-order valence-electron chi connectivity index (χ2n) is 7.04. The minimum Gasteiger partial charge on any atom is -0.470 e. The van der Waals surface area contributed by atoms with Gasteiger partial charge in [0.2, 0.25) is 17.5 Å². The minimum atomic E-state index is 0.316. The molecule has 1 aliphatic carbocycles. The number of rotatable bonds is 5. The van der Waals surface area contributed by atoms with Crippen LogP contribution >= 0.6 is 0 Å². The minimum absolute atomic E-state index is 0.316. The van der Waals surface area contributed by atoms with Gasteiger partial charge in [0, 0.05) is 23.0 Å². The van der Waals surface area contributed by atoms with E-state index in [1.165, 1.54) is 0 Å². The fraction of sp³-hybridized carbons (Fsp3) is 0.200. The summed E-state index contributed by atoms with van der Waals surface area (Å²) in [5.74, 6) is 1.58. The van der Waals surface area contributed by atoms with E-state index in [1.807, 2.05) is 53.7 Å². The van der Waals surface area contributed by atoms with Gasteiger partial charge in [-0.25, -0.2) is 0 Å². The Hall–Kier alpha value is -3.72. The Balaban J connectivity index is 1.44. The highest BCUT2D eigenvalue weighted by Gasteiger charge is 2.33. The van der Waals surface area contributed by atoms with Crippen molar-refractivity contribution in [3.8, 4) is 5.88 Å². The monoisotopic (exact) mass is 387 g/mol. The molecule has 144 valence electrons. The number of hydrogen-bond donors (Lipinski definition) is 1. The number of ether oxygens (including phenoxy) is 1. The zero-order valence-corrected chi connectivity index (χ0v) is 15.4. The van der Waals surface area contributed by atoms with Gasteiger partial charge in [-0.05, 0) is 31.0 Å². The van der Waals surface area contributed by atoms with Gasteiger partial charge in [0.05, 0.1) is 11.9 Å². The van der Waals surface area contributed by atoms with Crippen molar-refractivity contribution in [1.29, 1.82) is 0 Å². The van der Waals surface area contributed by atoms with Crippen LogP contribution in [0.1, 0.15) is 24.4 Å². The van der Waals surface area contributed by atoms with Gasteiger partial charge >= 0.3 is 0 Å². The summed E-state index contributed by atoms with van der Waals surface area (Å²) < 4.78 is 7.70. The lowest BCUT2D eigenvalue weighted by atomic mass is 10.2. The summed E-state index contributed by atoms with van der Waals surface area (Å²) in [5, 5.41) is 17.1. The molecule has 2 aliphatic rings. The third kappa shape index (κ3) is 2.83. The fourth-order valence-corrected chi connectivity index (χ4v) is 3.35. The lowest BCUT2D eigenvalue weighted by Gasteiger charge is -2.10. The molecule has 3 aromatic heterocycles. The quantitative estimate of drug-likeness (QED) is 0.559. The average Bonchev–Trinajstić information content (AvgIpc) is 3.35. The van der Waals surface area contributed by atoms with Crippen molar-refractivity contribution in [1.82, 2.24) is 35.4 Å². The molecule has 4 aromatic rings. The number of aromatic nitrogens is 5. The second kappa shape index (κ2) is 6.42. The maximum Gasteiger partial charge on any atom is 0.240 e. The molecule has 0 unspecified atom stereocenters. The molecule has 1 fully saturated rings. The van der Waals surface area contributed by atoms with E-state index in [-0.39, 0.29) is 0 Å². The molecular weight excluding hydrogens is 370 g/mol. The van der Waals surface area contributed by atoms with E-state index >= 15 is 0 Å². The Bertz CT molecular complexity index is 1230. The van der Waals surface area contributed by atoms with Gasteiger partial charge in [0.1, 0.15) is 6.61 Å². The van der Waals surface area contributed by atoms with Crippen LogP contribution in [0.4, 0.5) is 0 Å².